The molecule has 3 fully saturated rings. The fourth-order valence-electron chi connectivity index (χ4n) is 3.46. The predicted octanol–water partition coefficient (Wildman–Crippen LogP) is 4.93. The number of hydrogen-bond acceptors (Lipinski definition) is 0. The first-order chi connectivity index (χ1) is 6.95. The van der Waals surface area contributed by atoms with E-state index in [0.29, 0.717) is 0 Å². The molecule has 0 nitrogen and oxygen atoms in total. The maximum absolute atomic E-state index is 1.55. The zero-order valence-electron chi connectivity index (χ0n) is 9.64. The molecule has 0 aromatic heterocycles. The van der Waals surface area contributed by atoms with Crippen LogP contribution in [0.1, 0.15) is 77.0 Å². The fourth-order valence-corrected chi connectivity index (χ4v) is 3.46. The number of hydrogen-bond donors (Lipinski definition) is 0. The Labute approximate surface area is 89.5 Å². The highest BCUT2D eigenvalue weighted by Gasteiger charge is 2.16. The molecule has 0 N–H and O–H groups in total. The normalized spacial score (nSPS) is 36.0. The average molecular weight is 194 g/mol. The Morgan fingerprint density at radius 3 is 0.786 bits per heavy atom. The summed E-state index contributed by atoms with van der Waals surface area (Å²) in [4.78, 5) is 0. The van der Waals surface area contributed by atoms with E-state index in [4.69, 9.17) is 0 Å². The van der Waals surface area contributed by atoms with Crippen LogP contribution in [0.15, 0.2) is 0 Å². The van der Waals surface area contributed by atoms with Gasteiger partial charge in [0.05, 0.1) is 0 Å². The standard InChI is InChI=1S/C14H26/c1-2-8-14-11-5-3-9-13(7-1)10-4-6-12-14/h13-14H,1-12H2. The minimum absolute atomic E-state index is 1.10. The van der Waals surface area contributed by atoms with Crippen molar-refractivity contribution in [3.63, 3.8) is 0 Å². The Bertz CT molecular complexity index is 104. The molecule has 3 aliphatic carbocycles. The van der Waals surface area contributed by atoms with Crippen LogP contribution in [0.25, 0.3) is 0 Å². The Hall–Kier alpha value is 0. The Morgan fingerprint density at radius 2 is 0.571 bits per heavy atom. The van der Waals surface area contributed by atoms with Crippen LogP contribution in [0.2, 0.25) is 0 Å². The molecule has 0 unspecified atom stereocenters. The van der Waals surface area contributed by atoms with Crippen molar-refractivity contribution in [1.29, 1.82) is 0 Å². The van der Waals surface area contributed by atoms with E-state index in [1.165, 1.54) is 38.5 Å². The quantitative estimate of drug-likeness (QED) is 0.513. The summed E-state index contributed by atoms with van der Waals surface area (Å²) in [5.74, 6) is 2.20. The molecule has 0 heteroatoms. The van der Waals surface area contributed by atoms with Crippen LogP contribution in [0.4, 0.5) is 0 Å². The van der Waals surface area contributed by atoms with Crippen molar-refractivity contribution in [2.75, 3.05) is 0 Å². The van der Waals surface area contributed by atoms with E-state index in [9.17, 15) is 0 Å². The van der Waals surface area contributed by atoms with Gasteiger partial charge in [-0.05, 0) is 11.8 Å². The van der Waals surface area contributed by atoms with Gasteiger partial charge < -0.3 is 0 Å². The summed E-state index contributed by atoms with van der Waals surface area (Å²) < 4.78 is 0. The predicted molar refractivity (Wildman–Crippen MR) is 62.4 cm³/mol. The van der Waals surface area contributed by atoms with E-state index in [-0.39, 0.29) is 0 Å². The van der Waals surface area contributed by atoms with Crippen molar-refractivity contribution >= 4 is 0 Å². The molecular formula is C14H26. The smallest absolute Gasteiger partial charge is 0.0414 e. The van der Waals surface area contributed by atoms with Crippen molar-refractivity contribution in [1.82, 2.24) is 0 Å². The molecular weight excluding hydrogens is 168 g/mol. The molecule has 82 valence electrons. The van der Waals surface area contributed by atoms with Gasteiger partial charge in [-0.1, -0.05) is 77.0 Å². The van der Waals surface area contributed by atoms with E-state index in [1.807, 2.05) is 0 Å². The molecule has 0 aliphatic heterocycles. The number of fused-ring (bicyclic) bond motifs is 9. The summed E-state index contributed by atoms with van der Waals surface area (Å²) >= 11 is 0. The highest BCUT2D eigenvalue weighted by Crippen LogP contribution is 2.32. The van der Waals surface area contributed by atoms with Gasteiger partial charge in [0.15, 0.2) is 0 Å². The van der Waals surface area contributed by atoms with Crippen LogP contribution in [0.5, 0.6) is 0 Å². The van der Waals surface area contributed by atoms with E-state index < -0.39 is 0 Å². The molecule has 0 heterocycles. The van der Waals surface area contributed by atoms with Gasteiger partial charge >= 0.3 is 0 Å². The van der Waals surface area contributed by atoms with Crippen LogP contribution in [0, 0.1) is 11.8 Å². The third-order valence-corrected chi connectivity index (χ3v) is 4.42. The van der Waals surface area contributed by atoms with Crippen molar-refractivity contribution < 1.29 is 0 Å². The molecule has 0 radical (unpaired) electrons. The zero-order valence-corrected chi connectivity index (χ0v) is 9.64. The van der Waals surface area contributed by atoms with E-state index >= 15 is 0 Å². The van der Waals surface area contributed by atoms with Crippen LogP contribution in [0.3, 0.4) is 0 Å². The highest BCUT2D eigenvalue weighted by molar-refractivity contribution is 4.69. The molecule has 3 aliphatic rings. The SMILES string of the molecule is C1CCC2CCCCC(C1)CCCC2. The molecule has 14 heavy (non-hydrogen) atoms. The summed E-state index contributed by atoms with van der Waals surface area (Å²) in [6.07, 6.45) is 18.5. The largest absolute Gasteiger partial charge is 0.0530 e. The summed E-state index contributed by atoms with van der Waals surface area (Å²) in [6, 6.07) is 0. The third kappa shape index (κ3) is 3.29. The van der Waals surface area contributed by atoms with Crippen LogP contribution >= 0.6 is 0 Å². The first-order valence-electron chi connectivity index (χ1n) is 6.95. The Kier molecular flexibility index (Phi) is 4.34. The Morgan fingerprint density at radius 1 is 0.357 bits per heavy atom. The first-order valence-corrected chi connectivity index (χ1v) is 6.95. The molecule has 0 atom stereocenters. The van der Waals surface area contributed by atoms with Gasteiger partial charge in [0.2, 0.25) is 0 Å². The van der Waals surface area contributed by atoms with Gasteiger partial charge in [-0.2, -0.15) is 0 Å². The minimum Gasteiger partial charge on any atom is -0.0530 e. The maximum atomic E-state index is 1.55. The lowest BCUT2D eigenvalue weighted by molar-refractivity contribution is 0.286. The summed E-state index contributed by atoms with van der Waals surface area (Å²) in [5.41, 5.74) is 0. The summed E-state index contributed by atoms with van der Waals surface area (Å²) in [5, 5.41) is 0. The average Bonchev–Trinajstić information content (AvgIpc) is 2.25. The second kappa shape index (κ2) is 5.78. The van der Waals surface area contributed by atoms with E-state index in [0.717, 1.165) is 11.8 Å². The molecule has 0 saturated heterocycles. The van der Waals surface area contributed by atoms with Gasteiger partial charge in [0.1, 0.15) is 0 Å². The molecule has 0 aromatic carbocycles. The lowest BCUT2D eigenvalue weighted by Crippen LogP contribution is -2.09. The lowest BCUT2D eigenvalue weighted by Gasteiger charge is -2.25. The molecule has 0 aromatic rings. The fraction of sp³-hybridized carbons (Fsp3) is 1.00. The van der Waals surface area contributed by atoms with Gasteiger partial charge in [-0.3, -0.25) is 0 Å². The highest BCUT2D eigenvalue weighted by atomic mass is 14.2. The Balaban J connectivity index is 1.93. The van der Waals surface area contributed by atoms with E-state index in [1.54, 1.807) is 38.5 Å². The molecule has 3 saturated carbocycles. The summed E-state index contributed by atoms with van der Waals surface area (Å²) in [6.45, 7) is 0. The van der Waals surface area contributed by atoms with Gasteiger partial charge in [-0.15, -0.1) is 0 Å². The first kappa shape index (κ1) is 10.5. The molecule has 0 spiro atoms. The van der Waals surface area contributed by atoms with Crippen molar-refractivity contribution in [3.8, 4) is 0 Å². The topological polar surface area (TPSA) is 0 Å². The zero-order chi connectivity index (χ0) is 9.64. The second-order valence-corrected chi connectivity index (χ2v) is 5.59. The number of rotatable bonds is 0. The van der Waals surface area contributed by atoms with E-state index in [2.05, 4.69) is 0 Å². The van der Waals surface area contributed by atoms with Crippen molar-refractivity contribution in [2.45, 2.75) is 77.0 Å². The third-order valence-electron chi connectivity index (χ3n) is 4.42. The summed E-state index contributed by atoms with van der Waals surface area (Å²) in [7, 11) is 0. The minimum atomic E-state index is 1.10. The van der Waals surface area contributed by atoms with Crippen LogP contribution in [-0.2, 0) is 0 Å². The van der Waals surface area contributed by atoms with Gasteiger partial charge in [-0.25, -0.2) is 0 Å². The van der Waals surface area contributed by atoms with Crippen molar-refractivity contribution in [3.05, 3.63) is 0 Å². The van der Waals surface area contributed by atoms with Crippen LogP contribution in [-0.4, -0.2) is 0 Å². The van der Waals surface area contributed by atoms with Crippen molar-refractivity contribution in [2.24, 2.45) is 11.8 Å². The van der Waals surface area contributed by atoms with Gasteiger partial charge in [0.25, 0.3) is 0 Å². The van der Waals surface area contributed by atoms with Crippen LogP contribution < -0.4 is 0 Å². The van der Waals surface area contributed by atoms with Gasteiger partial charge in [0, 0.05) is 0 Å². The molecule has 3 rings (SSSR count). The second-order valence-electron chi connectivity index (χ2n) is 5.59. The lowest BCUT2D eigenvalue weighted by atomic mass is 9.81. The molecule has 0 amide bonds. The maximum Gasteiger partial charge on any atom is -0.0414 e. The molecule has 2 bridgehead atoms. The monoisotopic (exact) mass is 194 g/mol.